The van der Waals surface area contributed by atoms with E-state index < -0.39 is 0 Å². The van der Waals surface area contributed by atoms with E-state index in [0.717, 1.165) is 56.1 Å². The Labute approximate surface area is 380 Å². The minimum atomic E-state index is -0.126. The maximum Gasteiger partial charge on any atom is 0.255 e. The molecule has 12 heteroatoms. The SMILES string of the molecule is Cc1ccc(=O)n(-c2ccc(-n3cc(C)ccc3=O)cc2)c1.Cc1ccc(=O)n(-c2cccc(-n3cc(C)ccc3=O)c2)c1.Cc1ccc(=O)n(-c2ccccc2-n2cc(C)ccc2=O)c1. The number of aryl methyl sites for hydroxylation is 6. The summed E-state index contributed by atoms with van der Waals surface area (Å²) < 4.78 is 9.49. The van der Waals surface area contributed by atoms with Gasteiger partial charge in [-0.15, -0.1) is 0 Å². The molecule has 6 heterocycles. The first kappa shape index (κ1) is 45.4. The van der Waals surface area contributed by atoms with Gasteiger partial charge >= 0.3 is 0 Å². The van der Waals surface area contributed by atoms with Gasteiger partial charge in [-0.3, -0.25) is 56.2 Å². The monoisotopic (exact) mass is 876 g/mol. The van der Waals surface area contributed by atoms with Crippen molar-refractivity contribution in [2.45, 2.75) is 41.5 Å². The third kappa shape index (κ3) is 10.6. The molecule has 12 nitrogen and oxygen atoms in total. The fourth-order valence-electron chi connectivity index (χ4n) is 7.18. The molecule has 0 fully saturated rings. The van der Waals surface area contributed by atoms with Crippen molar-refractivity contribution in [3.05, 3.63) is 278 Å². The molecule has 0 amide bonds. The van der Waals surface area contributed by atoms with Crippen LogP contribution in [0.3, 0.4) is 0 Å². The number of benzene rings is 3. The largest absolute Gasteiger partial charge is 0.284 e. The number of aromatic nitrogens is 6. The molecule has 0 unspecified atom stereocenters. The molecule has 0 aliphatic carbocycles. The first-order valence-electron chi connectivity index (χ1n) is 21.1. The molecule has 0 aliphatic heterocycles. The third-order valence-corrected chi connectivity index (χ3v) is 10.5. The molecule has 9 aromatic rings. The molecule has 66 heavy (non-hydrogen) atoms. The quantitative estimate of drug-likeness (QED) is 0.168. The maximum atomic E-state index is 12.2. The van der Waals surface area contributed by atoms with Gasteiger partial charge in [-0.2, -0.15) is 0 Å². The summed E-state index contributed by atoms with van der Waals surface area (Å²) in [6, 6.07) is 42.1. The van der Waals surface area contributed by atoms with Crippen molar-refractivity contribution in [2.75, 3.05) is 0 Å². The van der Waals surface area contributed by atoms with Gasteiger partial charge in [0.15, 0.2) is 0 Å². The number of hydrogen-bond acceptors (Lipinski definition) is 6. The number of pyridine rings is 6. The van der Waals surface area contributed by atoms with Crippen LogP contribution in [0.4, 0.5) is 0 Å². The highest BCUT2D eigenvalue weighted by Crippen LogP contribution is 2.18. The maximum absolute atomic E-state index is 12.2. The van der Waals surface area contributed by atoms with E-state index in [1.165, 1.54) is 12.1 Å². The summed E-state index contributed by atoms with van der Waals surface area (Å²) in [5.41, 5.74) is 9.77. The zero-order valence-electron chi connectivity index (χ0n) is 37.5. The van der Waals surface area contributed by atoms with Gasteiger partial charge in [0.05, 0.1) is 22.7 Å². The highest BCUT2D eigenvalue weighted by molar-refractivity contribution is 5.53. The van der Waals surface area contributed by atoms with E-state index in [1.807, 2.05) is 114 Å². The van der Waals surface area contributed by atoms with Crippen LogP contribution in [0.5, 0.6) is 0 Å². The van der Waals surface area contributed by atoms with Crippen molar-refractivity contribution in [3.63, 3.8) is 0 Å². The minimum Gasteiger partial charge on any atom is -0.284 e. The van der Waals surface area contributed by atoms with E-state index in [-0.39, 0.29) is 33.4 Å². The normalized spacial score (nSPS) is 10.6. The summed E-state index contributed by atoms with van der Waals surface area (Å²) in [7, 11) is 0. The van der Waals surface area contributed by atoms with Gasteiger partial charge in [-0.25, -0.2) is 0 Å². The second-order valence-electron chi connectivity index (χ2n) is 16.0. The minimum absolute atomic E-state index is 0.0777. The van der Waals surface area contributed by atoms with E-state index in [4.69, 9.17) is 0 Å². The molecule has 0 atom stereocenters. The standard InChI is InChI=1S/3C18H16N2O2/c1-13-3-9-17(21)19(11-13)15-5-7-16(8-6-15)20-12-14(2)4-10-18(20)22;1-13-6-8-17(21)19(11-13)15-4-3-5-16(10-15)20-12-14(2)7-9-18(20)22;1-13-7-9-17(21)19(11-13)15-5-3-4-6-16(15)20-12-14(2)8-10-18(20)22/h3*3-12H,1-2H3. The van der Waals surface area contributed by atoms with Gasteiger partial charge in [0.1, 0.15) is 0 Å². The first-order chi connectivity index (χ1) is 31.6. The Morgan fingerprint density at radius 3 is 0.773 bits per heavy atom. The number of hydrogen-bond donors (Lipinski definition) is 0. The molecule has 0 aliphatic rings. The summed E-state index contributed by atoms with van der Waals surface area (Å²) in [6.07, 6.45) is 10.7. The van der Waals surface area contributed by atoms with Crippen LogP contribution in [0, 0.1) is 41.5 Å². The molecular weight excluding hydrogens is 829 g/mol. The Bertz CT molecular complexity index is 3360. The Hall–Kier alpha value is -8.64. The van der Waals surface area contributed by atoms with Crippen LogP contribution in [-0.4, -0.2) is 27.4 Å². The Morgan fingerprint density at radius 1 is 0.242 bits per heavy atom. The summed E-state index contributed by atoms with van der Waals surface area (Å²) in [4.78, 5) is 72.3. The van der Waals surface area contributed by atoms with Crippen molar-refractivity contribution in [2.24, 2.45) is 0 Å². The summed E-state index contributed by atoms with van der Waals surface area (Å²) in [6.45, 7) is 11.6. The molecule has 330 valence electrons. The van der Waals surface area contributed by atoms with Crippen LogP contribution >= 0.6 is 0 Å². The second kappa shape index (κ2) is 19.8. The van der Waals surface area contributed by atoms with Gasteiger partial charge in [0.2, 0.25) is 0 Å². The molecule has 6 aromatic heterocycles. The Morgan fingerprint density at radius 2 is 0.485 bits per heavy atom. The molecule has 3 aromatic carbocycles. The van der Waals surface area contributed by atoms with Gasteiger partial charge in [0.25, 0.3) is 33.4 Å². The average molecular weight is 877 g/mol. The molecule has 0 spiro atoms. The fourth-order valence-corrected chi connectivity index (χ4v) is 7.18. The van der Waals surface area contributed by atoms with Crippen molar-refractivity contribution in [1.29, 1.82) is 0 Å². The topological polar surface area (TPSA) is 132 Å². The van der Waals surface area contributed by atoms with Crippen LogP contribution in [0.1, 0.15) is 33.4 Å². The van der Waals surface area contributed by atoms with E-state index >= 15 is 0 Å². The zero-order chi connectivity index (χ0) is 47.1. The van der Waals surface area contributed by atoms with Gasteiger partial charge in [-0.05, 0) is 130 Å². The molecule has 0 N–H and O–H groups in total. The lowest BCUT2D eigenvalue weighted by Gasteiger charge is -2.14. The van der Waals surface area contributed by atoms with Crippen molar-refractivity contribution in [1.82, 2.24) is 27.4 Å². The molecular formula is C54H48N6O6. The van der Waals surface area contributed by atoms with Gasteiger partial charge < -0.3 is 0 Å². The van der Waals surface area contributed by atoms with E-state index in [1.54, 1.807) is 125 Å². The van der Waals surface area contributed by atoms with Crippen LogP contribution in [-0.2, 0) is 0 Å². The smallest absolute Gasteiger partial charge is 0.255 e. The van der Waals surface area contributed by atoms with Crippen molar-refractivity contribution >= 4 is 0 Å². The zero-order valence-corrected chi connectivity index (χ0v) is 37.5. The molecule has 9 rings (SSSR count). The number of para-hydroxylation sites is 2. The summed E-state index contributed by atoms with van der Waals surface area (Å²) >= 11 is 0. The third-order valence-electron chi connectivity index (χ3n) is 10.5. The molecule has 0 saturated heterocycles. The highest BCUT2D eigenvalue weighted by Gasteiger charge is 2.10. The Kier molecular flexibility index (Phi) is 13.6. The lowest BCUT2D eigenvalue weighted by Crippen LogP contribution is -2.22. The van der Waals surface area contributed by atoms with Crippen LogP contribution in [0.2, 0.25) is 0 Å². The van der Waals surface area contributed by atoms with Crippen LogP contribution < -0.4 is 33.4 Å². The summed E-state index contributed by atoms with van der Waals surface area (Å²) in [5.74, 6) is 0. The predicted octanol–water partition coefficient (Wildman–Crippen LogP) is 7.82. The van der Waals surface area contributed by atoms with E-state index in [9.17, 15) is 28.8 Å². The average Bonchev–Trinajstić information content (AvgIpc) is 3.32. The first-order valence-corrected chi connectivity index (χ1v) is 21.1. The fraction of sp³-hybridized carbons (Fsp3) is 0.111. The molecule has 0 saturated carbocycles. The lowest BCUT2D eigenvalue weighted by atomic mass is 10.2. The van der Waals surface area contributed by atoms with Crippen molar-refractivity contribution in [3.8, 4) is 34.1 Å². The number of nitrogens with zero attached hydrogens (tertiary/aromatic N) is 6. The van der Waals surface area contributed by atoms with Crippen molar-refractivity contribution < 1.29 is 0 Å². The number of rotatable bonds is 6. The van der Waals surface area contributed by atoms with Gasteiger partial charge in [-0.1, -0.05) is 54.6 Å². The molecule has 0 bridgehead atoms. The lowest BCUT2D eigenvalue weighted by molar-refractivity contribution is 0.915. The second-order valence-corrected chi connectivity index (χ2v) is 16.0. The molecule has 0 radical (unpaired) electrons. The predicted molar refractivity (Wildman–Crippen MR) is 261 cm³/mol. The summed E-state index contributed by atoms with van der Waals surface area (Å²) in [5, 5.41) is 0. The Balaban J connectivity index is 0.000000147. The van der Waals surface area contributed by atoms with Crippen LogP contribution in [0.15, 0.2) is 212 Å². The van der Waals surface area contributed by atoms with E-state index in [2.05, 4.69) is 0 Å². The van der Waals surface area contributed by atoms with Crippen LogP contribution in [0.25, 0.3) is 34.1 Å². The van der Waals surface area contributed by atoms with Gasteiger partial charge in [0, 0.05) is 85.0 Å². The van der Waals surface area contributed by atoms with E-state index in [0.29, 0.717) is 11.4 Å². The highest BCUT2D eigenvalue weighted by atomic mass is 16.1.